The SMILES string of the molecule is O=C([O-])C(N1C(=O)C=CC1=O)N1C(=O)C=CC1=O. The zero-order valence-corrected chi connectivity index (χ0v) is 8.73. The van der Waals surface area contributed by atoms with Gasteiger partial charge in [0.05, 0.1) is 5.97 Å². The number of carboxylic acids is 1. The van der Waals surface area contributed by atoms with Crippen molar-refractivity contribution in [1.29, 1.82) is 0 Å². The predicted octanol–water partition coefficient (Wildman–Crippen LogP) is -3.09. The molecule has 0 aromatic heterocycles. The molecule has 2 aliphatic rings. The first-order valence-corrected chi connectivity index (χ1v) is 4.75. The molecule has 0 aromatic carbocycles. The van der Waals surface area contributed by atoms with Crippen LogP contribution in [0.2, 0.25) is 0 Å². The summed E-state index contributed by atoms with van der Waals surface area (Å²) in [5.41, 5.74) is 0. The Morgan fingerprint density at radius 2 is 1.11 bits per heavy atom. The Bertz CT molecular complexity index is 469. The highest BCUT2D eigenvalue weighted by Gasteiger charge is 2.41. The average molecular weight is 249 g/mol. The molecule has 8 nitrogen and oxygen atoms in total. The Hall–Kier alpha value is -2.77. The van der Waals surface area contributed by atoms with Crippen LogP contribution in [-0.4, -0.2) is 45.6 Å². The standard InChI is InChI=1S/C10H6N2O6/c13-5-1-2-6(14)11(5)9(10(17)18)12-7(15)3-4-8(12)16/h1-4,9H,(H,17,18)/p-1. The van der Waals surface area contributed by atoms with Gasteiger partial charge in [-0.1, -0.05) is 0 Å². The van der Waals surface area contributed by atoms with Gasteiger partial charge < -0.3 is 9.90 Å². The lowest BCUT2D eigenvalue weighted by Gasteiger charge is -2.32. The molecule has 0 spiro atoms. The third-order valence-electron chi connectivity index (χ3n) is 2.39. The Kier molecular flexibility index (Phi) is 2.55. The van der Waals surface area contributed by atoms with Crippen LogP contribution in [0.1, 0.15) is 0 Å². The van der Waals surface area contributed by atoms with Crippen molar-refractivity contribution in [2.75, 3.05) is 0 Å². The largest absolute Gasteiger partial charge is 0.546 e. The van der Waals surface area contributed by atoms with Crippen molar-refractivity contribution in [3.05, 3.63) is 24.3 Å². The Morgan fingerprint density at radius 1 is 0.833 bits per heavy atom. The molecular formula is C10H5N2O6-. The summed E-state index contributed by atoms with van der Waals surface area (Å²) in [6.07, 6.45) is 1.30. The van der Waals surface area contributed by atoms with E-state index in [4.69, 9.17) is 0 Å². The van der Waals surface area contributed by atoms with E-state index in [1.54, 1.807) is 0 Å². The number of carbonyl (C=O) groups is 5. The van der Waals surface area contributed by atoms with Crippen LogP contribution in [0.3, 0.4) is 0 Å². The first kappa shape index (κ1) is 11.7. The van der Waals surface area contributed by atoms with E-state index < -0.39 is 35.8 Å². The van der Waals surface area contributed by atoms with Crippen LogP contribution in [0, 0.1) is 0 Å². The third-order valence-corrected chi connectivity index (χ3v) is 2.39. The zero-order chi connectivity index (χ0) is 13.4. The molecule has 2 rings (SSSR count). The predicted molar refractivity (Wildman–Crippen MR) is 50.8 cm³/mol. The fraction of sp³-hybridized carbons (Fsp3) is 0.100. The molecule has 0 aliphatic carbocycles. The lowest BCUT2D eigenvalue weighted by Crippen LogP contribution is -2.61. The summed E-state index contributed by atoms with van der Waals surface area (Å²) in [5.74, 6) is -5.61. The normalized spacial score (nSPS) is 18.7. The minimum absolute atomic E-state index is 0.276. The van der Waals surface area contributed by atoms with Crippen LogP contribution < -0.4 is 5.11 Å². The molecule has 0 N–H and O–H groups in total. The van der Waals surface area contributed by atoms with Gasteiger partial charge in [-0.2, -0.15) is 0 Å². The number of nitrogens with zero attached hydrogens (tertiary/aromatic N) is 2. The zero-order valence-electron chi connectivity index (χ0n) is 8.73. The van der Waals surface area contributed by atoms with Crippen molar-refractivity contribution in [1.82, 2.24) is 9.80 Å². The van der Waals surface area contributed by atoms with Crippen LogP contribution in [0.4, 0.5) is 0 Å². The molecule has 0 fully saturated rings. The maximum absolute atomic E-state index is 11.4. The number of carbonyl (C=O) groups excluding carboxylic acids is 5. The molecule has 0 saturated heterocycles. The smallest absolute Gasteiger partial charge is 0.255 e. The number of hydrogen-bond acceptors (Lipinski definition) is 6. The first-order valence-electron chi connectivity index (χ1n) is 4.75. The number of amides is 4. The summed E-state index contributed by atoms with van der Waals surface area (Å²) in [7, 11) is 0. The molecule has 0 saturated carbocycles. The molecule has 8 heteroatoms. The van der Waals surface area contributed by atoms with E-state index in [0.717, 1.165) is 24.3 Å². The van der Waals surface area contributed by atoms with E-state index >= 15 is 0 Å². The number of aliphatic carboxylic acids is 1. The van der Waals surface area contributed by atoms with Gasteiger partial charge >= 0.3 is 0 Å². The number of carboxylic acid groups (broad SMARTS) is 1. The molecule has 2 aliphatic heterocycles. The van der Waals surface area contributed by atoms with E-state index in [-0.39, 0.29) is 9.80 Å². The van der Waals surface area contributed by atoms with Crippen molar-refractivity contribution >= 4 is 29.6 Å². The van der Waals surface area contributed by atoms with Crippen molar-refractivity contribution in [2.45, 2.75) is 6.17 Å². The number of rotatable bonds is 3. The minimum Gasteiger partial charge on any atom is -0.546 e. The van der Waals surface area contributed by atoms with Gasteiger partial charge in [0.15, 0.2) is 6.17 Å². The highest BCUT2D eigenvalue weighted by Crippen LogP contribution is 2.16. The van der Waals surface area contributed by atoms with Gasteiger partial charge in [-0.3, -0.25) is 19.2 Å². The van der Waals surface area contributed by atoms with Crippen molar-refractivity contribution < 1.29 is 29.1 Å². The Labute approximate surface area is 99.8 Å². The molecule has 0 aromatic rings. The van der Waals surface area contributed by atoms with E-state index in [1.807, 2.05) is 0 Å². The van der Waals surface area contributed by atoms with Gasteiger partial charge in [-0.25, -0.2) is 9.80 Å². The van der Waals surface area contributed by atoms with Gasteiger partial charge in [0, 0.05) is 24.3 Å². The van der Waals surface area contributed by atoms with Gasteiger partial charge in [0.1, 0.15) is 0 Å². The maximum atomic E-state index is 11.4. The van der Waals surface area contributed by atoms with Gasteiger partial charge in [0.25, 0.3) is 23.6 Å². The Balaban J connectivity index is 2.39. The molecule has 92 valence electrons. The van der Waals surface area contributed by atoms with Crippen molar-refractivity contribution in [2.24, 2.45) is 0 Å². The van der Waals surface area contributed by atoms with Crippen LogP contribution in [-0.2, 0) is 24.0 Å². The second-order valence-corrected chi connectivity index (χ2v) is 3.45. The lowest BCUT2D eigenvalue weighted by molar-refractivity contribution is -0.314. The summed E-state index contributed by atoms with van der Waals surface area (Å²) in [5, 5.41) is 11.0. The third kappa shape index (κ3) is 1.59. The fourth-order valence-electron chi connectivity index (χ4n) is 1.63. The summed E-state index contributed by atoms with van der Waals surface area (Å²) in [6.45, 7) is 0. The molecule has 2 heterocycles. The first-order chi connectivity index (χ1) is 8.43. The molecule has 4 amide bonds. The van der Waals surface area contributed by atoms with Crippen molar-refractivity contribution in [3.63, 3.8) is 0 Å². The highest BCUT2D eigenvalue weighted by molar-refractivity contribution is 6.18. The second-order valence-electron chi connectivity index (χ2n) is 3.45. The summed E-state index contributed by atoms with van der Waals surface area (Å²) in [6, 6.07) is 0. The topological polar surface area (TPSA) is 115 Å². The maximum Gasteiger partial charge on any atom is 0.255 e. The van der Waals surface area contributed by atoms with Gasteiger partial charge in [-0.05, 0) is 0 Å². The number of imide groups is 2. The fourth-order valence-corrected chi connectivity index (χ4v) is 1.63. The lowest BCUT2D eigenvalue weighted by atomic mass is 10.3. The molecule has 0 unspecified atom stereocenters. The minimum atomic E-state index is -2.07. The molecule has 0 bridgehead atoms. The highest BCUT2D eigenvalue weighted by atomic mass is 16.4. The summed E-state index contributed by atoms with van der Waals surface area (Å²) in [4.78, 5) is 57.0. The molecule has 0 radical (unpaired) electrons. The van der Waals surface area contributed by atoms with Crippen LogP contribution in [0.25, 0.3) is 0 Å². The molecular weight excluding hydrogens is 244 g/mol. The number of hydrogen-bond donors (Lipinski definition) is 0. The average Bonchev–Trinajstić information content (AvgIpc) is 2.78. The van der Waals surface area contributed by atoms with Gasteiger partial charge in [0.2, 0.25) is 0 Å². The van der Waals surface area contributed by atoms with E-state index in [0.29, 0.717) is 0 Å². The molecule has 18 heavy (non-hydrogen) atoms. The van der Waals surface area contributed by atoms with E-state index in [1.165, 1.54) is 0 Å². The molecule has 0 atom stereocenters. The van der Waals surface area contributed by atoms with E-state index in [9.17, 15) is 29.1 Å². The van der Waals surface area contributed by atoms with Crippen LogP contribution in [0.5, 0.6) is 0 Å². The summed E-state index contributed by atoms with van der Waals surface area (Å²) >= 11 is 0. The van der Waals surface area contributed by atoms with Crippen molar-refractivity contribution in [3.8, 4) is 0 Å². The van der Waals surface area contributed by atoms with Crippen LogP contribution >= 0.6 is 0 Å². The Morgan fingerprint density at radius 3 is 1.33 bits per heavy atom. The quantitative estimate of drug-likeness (QED) is 0.489. The second kappa shape index (κ2) is 3.91. The van der Waals surface area contributed by atoms with E-state index in [2.05, 4.69) is 0 Å². The van der Waals surface area contributed by atoms with Crippen LogP contribution in [0.15, 0.2) is 24.3 Å². The monoisotopic (exact) mass is 249 g/mol. The van der Waals surface area contributed by atoms with Gasteiger partial charge in [-0.15, -0.1) is 0 Å². The summed E-state index contributed by atoms with van der Waals surface area (Å²) < 4.78 is 0.